The zero-order chi connectivity index (χ0) is 13.8. The molecule has 0 saturated carbocycles. The Hall–Kier alpha value is -2.27. The van der Waals surface area contributed by atoms with Crippen molar-refractivity contribution in [3.05, 3.63) is 53.1 Å². The smallest absolute Gasteiger partial charge is 0.275 e. The molecule has 0 aliphatic carbocycles. The van der Waals surface area contributed by atoms with Crippen LogP contribution in [0.2, 0.25) is 5.15 Å². The van der Waals surface area contributed by atoms with Crippen LogP contribution in [-0.2, 0) is 0 Å². The minimum Gasteiger partial charge on any atom is -0.321 e. The van der Waals surface area contributed by atoms with E-state index in [-0.39, 0.29) is 16.6 Å². The highest BCUT2D eigenvalue weighted by molar-refractivity contribution is 6.29. The molecule has 1 N–H and O–H groups in total. The molecule has 0 bridgehead atoms. The first-order valence-electron chi connectivity index (χ1n) is 5.46. The number of carbonyl (C=O) groups excluding carboxylic acids is 2. The first kappa shape index (κ1) is 13.2. The number of halogens is 1. The molecular formula is C13H10ClN3O2. The predicted octanol–water partition coefficient (Wildman–Crippen LogP) is 2.58. The molecular weight excluding hydrogens is 266 g/mol. The van der Waals surface area contributed by atoms with Crippen LogP contribution in [0.5, 0.6) is 0 Å². The second kappa shape index (κ2) is 5.58. The van der Waals surface area contributed by atoms with E-state index in [1.165, 1.54) is 19.3 Å². The number of rotatable bonds is 3. The lowest BCUT2D eigenvalue weighted by atomic mass is 10.1. The number of hydrogen-bond acceptors (Lipinski definition) is 4. The monoisotopic (exact) mass is 275 g/mol. The van der Waals surface area contributed by atoms with Gasteiger partial charge in [0, 0.05) is 11.3 Å². The summed E-state index contributed by atoms with van der Waals surface area (Å²) in [5, 5.41) is 2.85. The van der Waals surface area contributed by atoms with Gasteiger partial charge in [-0.3, -0.25) is 9.59 Å². The third-order valence-corrected chi connectivity index (χ3v) is 2.58. The van der Waals surface area contributed by atoms with Gasteiger partial charge in [-0.2, -0.15) is 0 Å². The molecule has 6 heteroatoms. The summed E-state index contributed by atoms with van der Waals surface area (Å²) in [4.78, 5) is 30.7. The molecule has 0 atom stereocenters. The standard InChI is InChI=1S/C13H10ClN3O2/c1-8(18)9-3-2-4-10(5-9)17-13(19)11-6-16-12(14)7-15-11/h2-7H,1H3,(H,17,19). The Morgan fingerprint density at radius 1 is 1.21 bits per heavy atom. The van der Waals surface area contributed by atoms with Crippen molar-refractivity contribution in [3.8, 4) is 0 Å². The molecule has 0 saturated heterocycles. The van der Waals surface area contributed by atoms with Crippen LogP contribution in [-0.4, -0.2) is 21.7 Å². The number of nitrogens with zero attached hydrogens (tertiary/aromatic N) is 2. The van der Waals surface area contributed by atoms with E-state index in [0.717, 1.165) is 0 Å². The Morgan fingerprint density at radius 3 is 2.63 bits per heavy atom. The van der Waals surface area contributed by atoms with Crippen molar-refractivity contribution in [3.63, 3.8) is 0 Å². The summed E-state index contributed by atoms with van der Waals surface area (Å²) in [6, 6.07) is 6.66. The number of amides is 1. The molecule has 2 rings (SSSR count). The highest BCUT2D eigenvalue weighted by Gasteiger charge is 2.09. The van der Waals surface area contributed by atoms with Crippen LogP contribution >= 0.6 is 11.6 Å². The van der Waals surface area contributed by atoms with Crippen LogP contribution in [0.15, 0.2) is 36.7 Å². The Bertz CT molecular complexity index is 626. The molecule has 1 aromatic carbocycles. The van der Waals surface area contributed by atoms with Crippen LogP contribution in [0.4, 0.5) is 5.69 Å². The first-order valence-corrected chi connectivity index (χ1v) is 5.84. The normalized spacial score (nSPS) is 10.0. The lowest BCUT2D eigenvalue weighted by Crippen LogP contribution is -2.14. The number of anilines is 1. The van der Waals surface area contributed by atoms with Gasteiger partial charge in [0.15, 0.2) is 5.78 Å². The van der Waals surface area contributed by atoms with Crippen molar-refractivity contribution in [2.24, 2.45) is 0 Å². The van der Waals surface area contributed by atoms with Crippen molar-refractivity contribution in [1.82, 2.24) is 9.97 Å². The molecule has 1 heterocycles. The SMILES string of the molecule is CC(=O)c1cccc(NC(=O)c2cnc(Cl)cn2)c1. The summed E-state index contributed by atoms with van der Waals surface area (Å²) < 4.78 is 0. The van der Waals surface area contributed by atoms with Crippen molar-refractivity contribution < 1.29 is 9.59 Å². The van der Waals surface area contributed by atoms with Crippen molar-refractivity contribution >= 4 is 29.0 Å². The number of Topliss-reactive ketones (excluding diaryl/α,β-unsaturated/α-hetero) is 1. The topological polar surface area (TPSA) is 72.0 Å². The number of hydrogen-bond donors (Lipinski definition) is 1. The van der Waals surface area contributed by atoms with Gasteiger partial charge in [0.1, 0.15) is 10.8 Å². The predicted molar refractivity (Wildman–Crippen MR) is 71.4 cm³/mol. The fourth-order valence-electron chi connectivity index (χ4n) is 1.44. The fourth-order valence-corrected chi connectivity index (χ4v) is 1.54. The van der Waals surface area contributed by atoms with E-state index >= 15 is 0 Å². The first-order chi connectivity index (χ1) is 9.06. The molecule has 0 aliphatic rings. The van der Waals surface area contributed by atoms with E-state index in [9.17, 15) is 9.59 Å². The second-order valence-electron chi connectivity index (χ2n) is 3.82. The molecule has 1 amide bonds. The van der Waals surface area contributed by atoms with Crippen LogP contribution in [0, 0.1) is 0 Å². The summed E-state index contributed by atoms with van der Waals surface area (Å²) in [7, 11) is 0. The molecule has 0 aliphatic heterocycles. The molecule has 19 heavy (non-hydrogen) atoms. The molecule has 0 unspecified atom stereocenters. The van der Waals surface area contributed by atoms with Gasteiger partial charge in [-0.1, -0.05) is 23.7 Å². The molecule has 0 fully saturated rings. The Labute approximate surface area is 114 Å². The van der Waals surface area contributed by atoms with Gasteiger partial charge in [0.25, 0.3) is 5.91 Å². The Morgan fingerprint density at radius 2 is 2.00 bits per heavy atom. The highest BCUT2D eigenvalue weighted by Crippen LogP contribution is 2.12. The molecule has 96 valence electrons. The summed E-state index contributed by atoms with van der Waals surface area (Å²) in [5.74, 6) is -0.479. The summed E-state index contributed by atoms with van der Waals surface area (Å²) in [5.41, 5.74) is 1.20. The maximum Gasteiger partial charge on any atom is 0.275 e. The van der Waals surface area contributed by atoms with Crippen LogP contribution < -0.4 is 5.32 Å². The maximum absolute atomic E-state index is 11.9. The molecule has 5 nitrogen and oxygen atoms in total. The van der Waals surface area contributed by atoms with Crippen molar-refractivity contribution in [1.29, 1.82) is 0 Å². The van der Waals surface area contributed by atoms with Crippen LogP contribution in [0.3, 0.4) is 0 Å². The van der Waals surface area contributed by atoms with E-state index in [1.54, 1.807) is 24.3 Å². The highest BCUT2D eigenvalue weighted by atomic mass is 35.5. The van der Waals surface area contributed by atoms with Crippen LogP contribution in [0.1, 0.15) is 27.8 Å². The van der Waals surface area contributed by atoms with Gasteiger partial charge >= 0.3 is 0 Å². The average molecular weight is 276 g/mol. The molecule has 1 aromatic heterocycles. The third-order valence-electron chi connectivity index (χ3n) is 2.38. The summed E-state index contributed by atoms with van der Waals surface area (Å²) in [6.07, 6.45) is 2.58. The third kappa shape index (κ3) is 3.35. The van der Waals surface area contributed by atoms with E-state index in [2.05, 4.69) is 15.3 Å². The Kier molecular flexibility index (Phi) is 3.87. The van der Waals surface area contributed by atoms with E-state index in [0.29, 0.717) is 11.3 Å². The second-order valence-corrected chi connectivity index (χ2v) is 4.20. The van der Waals surface area contributed by atoms with Gasteiger partial charge in [-0.25, -0.2) is 9.97 Å². The number of carbonyl (C=O) groups is 2. The number of benzene rings is 1. The largest absolute Gasteiger partial charge is 0.321 e. The van der Waals surface area contributed by atoms with Gasteiger partial charge in [-0.05, 0) is 19.1 Å². The van der Waals surface area contributed by atoms with Crippen molar-refractivity contribution in [2.75, 3.05) is 5.32 Å². The van der Waals surface area contributed by atoms with Gasteiger partial charge in [0.05, 0.1) is 12.4 Å². The number of ketones is 1. The number of aromatic nitrogens is 2. The zero-order valence-electron chi connectivity index (χ0n) is 10.1. The van der Waals surface area contributed by atoms with Crippen molar-refractivity contribution in [2.45, 2.75) is 6.92 Å². The van der Waals surface area contributed by atoms with Gasteiger partial charge in [-0.15, -0.1) is 0 Å². The van der Waals surface area contributed by atoms with Gasteiger partial charge in [0.2, 0.25) is 0 Å². The number of nitrogens with one attached hydrogen (secondary N) is 1. The minimum absolute atomic E-state index is 0.0672. The lowest BCUT2D eigenvalue weighted by Gasteiger charge is -2.05. The quantitative estimate of drug-likeness (QED) is 0.874. The Balaban J connectivity index is 2.17. The molecule has 2 aromatic rings. The van der Waals surface area contributed by atoms with E-state index in [1.807, 2.05) is 0 Å². The minimum atomic E-state index is -0.412. The van der Waals surface area contributed by atoms with Gasteiger partial charge < -0.3 is 5.32 Å². The van der Waals surface area contributed by atoms with E-state index < -0.39 is 5.91 Å². The summed E-state index contributed by atoms with van der Waals surface area (Å²) in [6.45, 7) is 1.46. The fraction of sp³-hybridized carbons (Fsp3) is 0.0769. The average Bonchev–Trinajstić information content (AvgIpc) is 2.39. The lowest BCUT2D eigenvalue weighted by molar-refractivity contribution is 0.100. The van der Waals surface area contributed by atoms with Crippen LogP contribution in [0.25, 0.3) is 0 Å². The molecule has 0 radical (unpaired) electrons. The maximum atomic E-state index is 11.9. The zero-order valence-corrected chi connectivity index (χ0v) is 10.8. The summed E-state index contributed by atoms with van der Waals surface area (Å²) >= 11 is 5.59. The molecule has 0 spiro atoms. The van der Waals surface area contributed by atoms with E-state index in [4.69, 9.17) is 11.6 Å².